The van der Waals surface area contributed by atoms with Crippen molar-refractivity contribution in [3.8, 4) is 11.5 Å². The van der Waals surface area contributed by atoms with E-state index in [2.05, 4.69) is 5.32 Å². The molecule has 142 valence electrons. The van der Waals surface area contributed by atoms with Crippen LogP contribution in [0.2, 0.25) is 0 Å². The van der Waals surface area contributed by atoms with Crippen LogP contribution in [0.15, 0.2) is 54.6 Å². The number of rotatable bonds is 5. The second-order valence-corrected chi connectivity index (χ2v) is 6.64. The van der Waals surface area contributed by atoms with E-state index < -0.39 is 17.6 Å². The summed E-state index contributed by atoms with van der Waals surface area (Å²) in [5.74, 6) is -1.60. The lowest BCUT2D eigenvalue weighted by Crippen LogP contribution is -2.09. The zero-order valence-electron chi connectivity index (χ0n) is 14.8. The Balaban J connectivity index is 1.46. The normalized spacial score (nSPS) is 11.8. The predicted molar refractivity (Wildman–Crippen MR) is 102 cm³/mol. The summed E-state index contributed by atoms with van der Waals surface area (Å²) in [5.41, 5.74) is 3.09. The van der Waals surface area contributed by atoms with Gasteiger partial charge in [-0.05, 0) is 66.8 Å². The second-order valence-electron chi connectivity index (χ2n) is 6.64. The van der Waals surface area contributed by atoms with E-state index in [-0.39, 0.29) is 5.56 Å². The highest BCUT2D eigenvalue weighted by molar-refractivity contribution is 5.98. The van der Waals surface area contributed by atoms with Gasteiger partial charge in [0.25, 0.3) is 0 Å². The number of aromatic carboxylic acids is 1. The topological polar surface area (TPSA) is 58.6 Å². The molecular formula is C22H17F2NO3. The Morgan fingerprint density at radius 1 is 0.929 bits per heavy atom. The SMILES string of the molecule is O=C(O)c1cccc2c1Nc1ccc(CCCc3ccc(F)c(F)c3)cc1O2. The quantitative estimate of drug-likeness (QED) is 0.466. The molecule has 3 aromatic carbocycles. The first-order valence-electron chi connectivity index (χ1n) is 8.89. The molecule has 4 rings (SSSR count). The Morgan fingerprint density at radius 3 is 2.43 bits per heavy atom. The van der Waals surface area contributed by atoms with Gasteiger partial charge >= 0.3 is 5.97 Å². The molecule has 2 N–H and O–H groups in total. The van der Waals surface area contributed by atoms with Gasteiger partial charge in [0.1, 0.15) is 0 Å². The molecule has 0 amide bonds. The molecule has 4 nitrogen and oxygen atoms in total. The third-order valence-corrected chi connectivity index (χ3v) is 4.70. The molecule has 3 aromatic rings. The maximum Gasteiger partial charge on any atom is 0.337 e. The zero-order valence-corrected chi connectivity index (χ0v) is 14.8. The third-order valence-electron chi connectivity index (χ3n) is 4.70. The number of aryl methyl sites for hydroxylation is 2. The number of halogens is 2. The minimum absolute atomic E-state index is 0.152. The largest absolute Gasteiger partial charge is 0.478 e. The summed E-state index contributed by atoms with van der Waals surface area (Å²) in [6, 6.07) is 14.5. The first-order valence-corrected chi connectivity index (χ1v) is 8.89. The Kier molecular flexibility index (Phi) is 4.69. The Morgan fingerprint density at radius 2 is 1.68 bits per heavy atom. The summed E-state index contributed by atoms with van der Waals surface area (Å²) >= 11 is 0. The summed E-state index contributed by atoms with van der Waals surface area (Å²) in [6.45, 7) is 0. The van der Waals surface area contributed by atoms with E-state index in [1.807, 2.05) is 18.2 Å². The lowest BCUT2D eigenvalue weighted by atomic mass is 10.0. The van der Waals surface area contributed by atoms with Crippen LogP contribution in [0.5, 0.6) is 11.5 Å². The molecule has 0 aromatic heterocycles. The van der Waals surface area contributed by atoms with Crippen LogP contribution < -0.4 is 10.1 Å². The van der Waals surface area contributed by atoms with E-state index in [0.29, 0.717) is 29.3 Å². The van der Waals surface area contributed by atoms with Crippen molar-refractivity contribution in [2.45, 2.75) is 19.3 Å². The van der Waals surface area contributed by atoms with Crippen LogP contribution in [-0.2, 0) is 12.8 Å². The van der Waals surface area contributed by atoms with Crippen molar-refractivity contribution in [3.05, 3.63) is 82.9 Å². The van der Waals surface area contributed by atoms with E-state index in [9.17, 15) is 18.7 Å². The van der Waals surface area contributed by atoms with E-state index in [4.69, 9.17) is 4.74 Å². The van der Waals surface area contributed by atoms with Crippen molar-refractivity contribution in [1.29, 1.82) is 0 Å². The van der Waals surface area contributed by atoms with Crippen molar-refractivity contribution < 1.29 is 23.4 Å². The zero-order chi connectivity index (χ0) is 19.7. The number of hydrogen-bond acceptors (Lipinski definition) is 3. The predicted octanol–water partition coefficient (Wildman–Crippen LogP) is 5.69. The first kappa shape index (κ1) is 18.0. The van der Waals surface area contributed by atoms with Crippen molar-refractivity contribution >= 4 is 17.3 Å². The lowest BCUT2D eigenvalue weighted by molar-refractivity contribution is 0.0697. The smallest absolute Gasteiger partial charge is 0.337 e. The van der Waals surface area contributed by atoms with E-state index in [1.54, 1.807) is 18.2 Å². The molecule has 0 unspecified atom stereocenters. The number of fused-ring (bicyclic) bond motifs is 2. The standard InChI is InChI=1S/C22H17F2NO3/c23-16-9-7-13(11-17(16)24)3-1-4-14-8-10-18-20(12-14)28-19-6-2-5-15(22(26)27)21(19)25-18/h2,5-12,25H,1,3-4H2,(H,26,27). The molecule has 6 heteroatoms. The summed E-state index contributed by atoms with van der Waals surface area (Å²) < 4.78 is 32.2. The number of anilines is 2. The molecule has 0 radical (unpaired) electrons. The second kappa shape index (κ2) is 7.31. The molecule has 0 bridgehead atoms. The number of nitrogens with one attached hydrogen (secondary N) is 1. The summed E-state index contributed by atoms with van der Waals surface area (Å²) in [5, 5.41) is 12.4. The van der Waals surface area contributed by atoms with Crippen LogP contribution in [0.1, 0.15) is 27.9 Å². The molecule has 28 heavy (non-hydrogen) atoms. The summed E-state index contributed by atoms with van der Waals surface area (Å²) in [4.78, 5) is 11.4. The minimum Gasteiger partial charge on any atom is -0.478 e. The van der Waals surface area contributed by atoms with Gasteiger partial charge in [0.15, 0.2) is 23.1 Å². The van der Waals surface area contributed by atoms with Crippen molar-refractivity contribution in [2.24, 2.45) is 0 Å². The van der Waals surface area contributed by atoms with Crippen molar-refractivity contribution in [1.82, 2.24) is 0 Å². The van der Waals surface area contributed by atoms with Gasteiger partial charge in [0, 0.05) is 0 Å². The average molecular weight is 381 g/mol. The molecule has 0 fully saturated rings. The number of carbonyl (C=O) groups is 1. The van der Waals surface area contributed by atoms with Crippen LogP contribution in [0.3, 0.4) is 0 Å². The summed E-state index contributed by atoms with van der Waals surface area (Å²) in [7, 11) is 0. The summed E-state index contributed by atoms with van der Waals surface area (Å²) in [6.07, 6.45) is 2.16. The van der Waals surface area contributed by atoms with Crippen LogP contribution in [0, 0.1) is 11.6 Å². The highest BCUT2D eigenvalue weighted by atomic mass is 19.2. The average Bonchev–Trinajstić information content (AvgIpc) is 2.68. The van der Waals surface area contributed by atoms with Crippen LogP contribution >= 0.6 is 0 Å². The fourth-order valence-corrected chi connectivity index (χ4v) is 3.28. The molecule has 0 atom stereocenters. The van der Waals surface area contributed by atoms with E-state index >= 15 is 0 Å². The van der Waals surface area contributed by atoms with Gasteiger partial charge in [-0.15, -0.1) is 0 Å². The van der Waals surface area contributed by atoms with Gasteiger partial charge in [-0.25, -0.2) is 13.6 Å². The Labute approximate surface area is 160 Å². The van der Waals surface area contributed by atoms with Crippen molar-refractivity contribution in [3.63, 3.8) is 0 Å². The van der Waals surface area contributed by atoms with Gasteiger partial charge in [-0.1, -0.05) is 18.2 Å². The molecular weight excluding hydrogens is 364 g/mol. The third kappa shape index (κ3) is 3.53. The van der Waals surface area contributed by atoms with E-state index in [0.717, 1.165) is 30.0 Å². The fourth-order valence-electron chi connectivity index (χ4n) is 3.28. The van der Waals surface area contributed by atoms with Gasteiger partial charge in [0.2, 0.25) is 0 Å². The highest BCUT2D eigenvalue weighted by Gasteiger charge is 2.22. The van der Waals surface area contributed by atoms with Gasteiger partial charge < -0.3 is 15.2 Å². The Hall–Kier alpha value is -3.41. The van der Waals surface area contributed by atoms with E-state index in [1.165, 1.54) is 12.1 Å². The first-order chi connectivity index (χ1) is 13.5. The minimum atomic E-state index is -1.02. The molecule has 1 heterocycles. The van der Waals surface area contributed by atoms with Gasteiger partial charge in [0.05, 0.1) is 16.9 Å². The Bertz CT molecular complexity index is 1070. The maximum atomic E-state index is 13.3. The van der Waals surface area contributed by atoms with Gasteiger partial charge in [-0.2, -0.15) is 0 Å². The van der Waals surface area contributed by atoms with Crippen molar-refractivity contribution in [2.75, 3.05) is 5.32 Å². The van der Waals surface area contributed by atoms with Crippen LogP contribution in [0.4, 0.5) is 20.2 Å². The van der Waals surface area contributed by atoms with Crippen LogP contribution in [0.25, 0.3) is 0 Å². The molecule has 1 aliphatic heterocycles. The van der Waals surface area contributed by atoms with Crippen LogP contribution in [-0.4, -0.2) is 11.1 Å². The number of carboxylic acid groups (broad SMARTS) is 1. The maximum absolute atomic E-state index is 13.3. The molecule has 0 spiro atoms. The molecule has 0 saturated heterocycles. The molecule has 0 aliphatic carbocycles. The number of benzene rings is 3. The molecule has 1 aliphatic rings. The number of carboxylic acids is 1. The number of para-hydroxylation sites is 1. The number of ether oxygens (including phenoxy) is 1. The fraction of sp³-hybridized carbons (Fsp3) is 0.136. The van der Waals surface area contributed by atoms with Gasteiger partial charge in [-0.3, -0.25) is 0 Å². The monoisotopic (exact) mass is 381 g/mol. The number of hydrogen-bond donors (Lipinski definition) is 2. The lowest BCUT2D eigenvalue weighted by Gasteiger charge is -2.23. The highest BCUT2D eigenvalue weighted by Crippen LogP contribution is 2.43. The molecule has 0 saturated carbocycles.